The molecule has 2 atom stereocenters. The van der Waals surface area contributed by atoms with Crippen LogP contribution in [0.15, 0.2) is 40.6 Å². The predicted molar refractivity (Wildman–Crippen MR) is 154 cm³/mol. The lowest BCUT2D eigenvalue weighted by Crippen LogP contribution is -2.36. The predicted octanol–water partition coefficient (Wildman–Crippen LogP) is 3.41. The number of anilines is 1. The summed E-state index contributed by atoms with van der Waals surface area (Å²) in [4.78, 5) is 27.4. The minimum atomic E-state index is -4.79. The number of nitriles is 1. The molecular weight excluding hydrogens is 577 g/mol. The number of nitrogens with one attached hydrogen (secondary N) is 2. The van der Waals surface area contributed by atoms with Crippen molar-refractivity contribution in [3.8, 4) is 6.07 Å². The van der Waals surface area contributed by atoms with Gasteiger partial charge in [0.1, 0.15) is 11.5 Å². The number of aromatic nitrogens is 2. The minimum Gasteiger partial charge on any atom is -0.387 e. The van der Waals surface area contributed by atoms with Crippen LogP contribution in [0.1, 0.15) is 64.4 Å². The number of amides is 1. The van der Waals surface area contributed by atoms with Crippen molar-refractivity contribution in [3.63, 3.8) is 0 Å². The third-order valence-corrected chi connectivity index (χ3v) is 6.23. The minimum absolute atomic E-state index is 0.119. The molecule has 1 aliphatic heterocycles. The van der Waals surface area contributed by atoms with Crippen molar-refractivity contribution < 1.29 is 22.8 Å². The van der Waals surface area contributed by atoms with Gasteiger partial charge in [0.15, 0.2) is 6.29 Å². The molecule has 42 heavy (non-hydrogen) atoms. The van der Waals surface area contributed by atoms with E-state index in [9.17, 15) is 22.8 Å². The molecule has 226 valence electrons. The first-order chi connectivity index (χ1) is 19.7. The van der Waals surface area contributed by atoms with E-state index in [4.69, 9.17) is 28.4 Å². The third kappa shape index (κ3) is 9.05. The normalized spacial score (nSPS) is 15.5. The van der Waals surface area contributed by atoms with E-state index in [1.807, 2.05) is 20.8 Å². The fourth-order valence-corrected chi connectivity index (χ4v) is 3.89. The molecule has 0 saturated carbocycles. The van der Waals surface area contributed by atoms with Crippen LogP contribution in [0.5, 0.6) is 0 Å². The maximum Gasteiger partial charge on any atom is 0.450 e. The first kappa shape index (κ1) is 33.8. The van der Waals surface area contributed by atoms with Gasteiger partial charge >= 0.3 is 6.18 Å². The molecule has 2 unspecified atom stereocenters. The number of nitrogens with two attached hydrogens (primary N) is 2. The van der Waals surface area contributed by atoms with Gasteiger partial charge in [-0.2, -0.15) is 23.5 Å². The van der Waals surface area contributed by atoms with E-state index in [-0.39, 0.29) is 29.9 Å². The summed E-state index contributed by atoms with van der Waals surface area (Å²) in [6, 6.07) is 6.93. The zero-order chi connectivity index (χ0) is 31.6. The number of aliphatic imine (C=N–C) groups is 1. The number of carbonyl (C=O) groups is 2. The van der Waals surface area contributed by atoms with Crippen LogP contribution < -0.4 is 22.2 Å². The molecule has 0 saturated heterocycles. The van der Waals surface area contributed by atoms with Crippen LogP contribution in [0.4, 0.5) is 18.9 Å². The summed E-state index contributed by atoms with van der Waals surface area (Å²) in [5.41, 5.74) is 7.79. The molecular formula is C26H32ClF3N10O2. The summed E-state index contributed by atoms with van der Waals surface area (Å²) in [5.74, 6) is 3.96. The summed E-state index contributed by atoms with van der Waals surface area (Å²) in [5, 5.41) is 22.0. The first-order valence-electron chi connectivity index (χ1n) is 12.6. The van der Waals surface area contributed by atoms with E-state index < -0.39 is 17.4 Å². The number of carbonyl (C=O) groups excluding carboxylic acids is 2. The van der Waals surface area contributed by atoms with E-state index in [2.05, 4.69) is 31.9 Å². The highest BCUT2D eigenvalue weighted by Gasteiger charge is 2.34. The Hall–Kier alpha value is -4.42. The number of halogens is 4. The van der Waals surface area contributed by atoms with Crippen molar-refractivity contribution in [1.82, 2.24) is 20.2 Å². The molecule has 2 aromatic rings. The Labute approximate surface area is 245 Å². The van der Waals surface area contributed by atoms with Gasteiger partial charge in [-0.05, 0) is 50.5 Å². The van der Waals surface area contributed by atoms with Crippen molar-refractivity contribution in [2.24, 2.45) is 21.7 Å². The molecule has 12 nitrogen and oxygen atoms in total. The Kier molecular flexibility index (Phi) is 12.1. The van der Waals surface area contributed by atoms with E-state index in [0.717, 1.165) is 17.7 Å². The van der Waals surface area contributed by atoms with Crippen LogP contribution in [0.2, 0.25) is 0 Å². The second-order valence-electron chi connectivity index (χ2n) is 9.11. The molecule has 0 aliphatic carbocycles. The Balaban J connectivity index is 0.000000307. The summed E-state index contributed by atoms with van der Waals surface area (Å²) in [6.45, 7) is 5.55. The van der Waals surface area contributed by atoms with Crippen LogP contribution in [0.3, 0.4) is 0 Å². The molecule has 0 spiro atoms. The number of alkyl halides is 4. The number of rotatable bonds is 8. The van der Waals surface area contributed by atoms with Crippen molar-refractivity contribution >= 4 is 41.2 Å². The van der Waals surface area contributed by atoms with Crippen molar-refractivity contribution in [2.75, 3.05) is 12.4 Å². The molecule has 1 aromatic carbocycles. The summed E-state index contributed by atoms with van der Waals surface area (Å²) < 4.78 is 38.2. The molecule has 1 amide bonds. The van der Waals surface area contributed by atoms with Crippen LogP contribution in [0.25, 0.3) is 0 Å². The monoisotopic (exact) mass is 608 g/mol. The summed E-state index contributed by atoms with van der Waals surface area (Å²) in [7, 11) is 1.77. The average Bonchev–Trinajstić information content (AvgIpc) is 3.34. The Morgan fingerprint density at radius 3 is 2.64 bits per heavy atom. The topological polar surface area (TPSA) is 180 Å². The van der Waals surface area contributed by atoms with Gasteiger partial charge in [-0.1, -0.05) is 13.0 Å². The third-order valence-electron chi connectivity index (χ3n) is 5.86. The number of aryl methyl sites for hydroxylation is 1. The standard InChI is InChI=1S/C14H19N3O.C12H13ClF3N7O/c1-5-10(3)17-14(18)12-7-11(8-15)6-9(2)13(12)16-4;13-9-2-1-3-19-10(9)23-8(6-24)4-7(20-23)5-22(18)21-11(17)12(14,15)16/h6-7,10,16H,5H2,1-4H3,(H,17,18);1,3-4,6,9H,2,5,18H2,(H2,17,21). The lowest BCUT2D eigenvalue weighted by molar-refractivity contribution is -0.0615. The fourth-order valence-electron chi connectivity index (χ4n) is 3.64. The maximum absolute atomic E-state index is 12.3. The van der Waals surface area contributed by atoms with Gasteiger partial charge in [-0.15, -0.1) is 16.7 Å². The van der Waals surface area contributed by atoms with E-state index in [1.165, 1.54) is 16.9 Å². The second kappa shape index (κ2) is 15.0. The van der Waals surface area contributed by atoms with Gasteiger partial charge in [0.25, 0.3) is 5.91 Å². The number of hydrogen-bond acceptors (Lipinski definition) is 9. The SMILES string of the molecule is CCC(C)NC(=O)c1cc(C#N)cc(C)c1NC.N/C(=N\N(N)Cc1cc(C=O)n(C2=NC=CCC2Cl)n1)C(F)(F)F. The second-order valence-corrected chi connectivity index (χ2v) is 9.63. The van der Waals surface area contributed by atoms with Crippen LogP contribution in [-0.2, 0) is 6.54 Å². The number of benzene rings is 1. The van der Waals surface area contributed by atoms with Gasteiger partial charge in [-0.3, -0.25) is 9.59 Å². The van der Waals surface area contributed by atoms with Crippen LogP contribution in [-0.4, -0.2) is 63.4 Å². The molecule has 2 heterocycles. The van der Waals surface area contributed by atoms with E-state index in [1.54, 1.807) is 25.3 Å². The smallest absolute Gasteiger partial charge is 0.387 e. The number of amidine groups is 1. The highest BCUT2D eigenvalue weighted by atomic mass is 35.5. The number of allylic oxidation sites excluding steroid dienone is 1. The van der Waals surface area contributed by atoms with E-state index in [0.29, 0.717) is 34.8 Å². The van der Waals surface area contributed by atoms with Crippen LogP contribution in [0, 0.1) is 18.3 Å². The highest BCUT2D eigenvalue weighted by molar-refractivity contribution is 6.32. The number of aldehydes is 1. The zero-order valence-corrected chi connectivity index (χ0v) is 24.2. The molecule has 1 aromatic heterocycles. The zero-order valence-electron chi connectivity index (χ0n) is 23.4. The molecule has 1 aliphatic rings. The van der Waals surface area contributed by atoms with Crippen molar-refractivity contribution in [1.29, 1.82) is 5.26 Å². The number of nitrogens with zero attached hydrogens (tertiary/aromatic N) is 6. The molecule has 0 radical (unpaired) electrons. The van der Waals surface area contributed by atoms with Gasteiger partial charge in [0.2, 0.25) is 5.84 Å². The Morgan fingerprint density at radius 1 is 1.40 bits per heavy atom. The van der Waals surface area contributed by atoms with Crippen molar-refractivity contribution in [3.05, 3.63) is 58.6 Å². The number of hydrazone groups is 1. The number of hydrogen-bond donors (Lipinski definition) is 4. The van der Waals surface area contributed by atoms with Gasteiger partial charge in [0.05, 0.1) is 34.8 Å². The molecule has 6 N–H and O–H groups in total. The fraction of sp³-hybridized carbons (Fsp3) is 0.385. The van der Waals surface area contributed by atoms with Gasteiger partial charge in [0, 0.05) is 25.0 Å². The molecule has 16 heteroatoms. The molecule has 3 rings (SSSR count). The van der Waals surface area contributed by atoms with Crippen LogP contribution >= 0.6 is 11.6 Å². The maximum atomic E-state index is 12.3. The quantitative estimate of drug-likeness (QED) is 0.0878. The lowest BCUT2D eigenvalue weighted by atomic mass is 10.0. The van der Waals surface area contributed by atoms with Gasteiger partial charge in [-0.25, -0.2) is 20.6 Å². The van der Waals surface area contributed by atoms with E-state index >= 15 is 0 Å². The summed E-state index contributed by atoms with van der Waals surface area (Å²) in [6.07, 6.45) is 0.381. The van der Waals surface area contributed by atoms with Crippen molar-refractivity contribution in [2.45, 2.75) is 57.8 Å². The largest absolute Gasteiger partial charge is 0.450 e. The molecule has 0 bridgehead atoms. The Morgan fingerprint density at radius 2 is 2.10 bits per heavy atom. The lowest BCUT2D eigenvalue weighted by Gasteiger charge is -2.16. The highest BCUT2D eigenvalue weighted by Crippen LogP contribution is 2.22. The average molecular weight is 609 g/mol. The molecule has 0 fully saturated rings. The first-order valence-corrected chi connectivity index (χ1v) is 13.1. The number of hydrazine groups is 1. The Bertz CT molecular complexity index is 1410. The van der Waals surface area contributed by atoms with Gasteiger partial charge < -0.3 is 16.4 Å². The summed E-state index contributed by atoms with van der Waals surface area (Å²) >= 11 is 6.12.